The fourth-order valence-corrected chi connectivity index (χ4v) is 3.86. The summed E-state index contributed by atoms with van der Waals surface area (Å²) >= 11 is 3.50. The van der Waals surface area contributed by atoms with Crippen molar-refractivity contribution in [3.63, 3.8) is 0 Å². The minimum Gasteiger partial charge on any atom is -0.381 e. The van der Waals surface area contributed by atoms with Gasteiger partial charge in [0.2, 0.25) is 0 Å². The third kappa shape index (κ3) is 4.90. The van der Waals surface area contributed by atoms with E-state index in [1.54, 1.807) is 7.11 Å². The molecule has 0 saturated carbocycles. The zero-order chi connectivity index (χ0) is 18.4. The van der Waals surface area contributed by atoms with Crippen LogP contribution in [0, 0.1) is 0 Å². The van der Waals surface area contributed by atoms with Gasteiger partial charge in [0.15, 0.2) is 5.96 Å². The van der Waals surface area contributed by atoms with Crippen molar-refractivity contribution in [2.75, 3.05) is 51.9 Å². The number of hydrogen-bond donors (Lipinski definition) is 2. The molecule has 1 unspecified atom stereocenters. The Kier molecular flexibility index (Phi) is 6.78. The second kappa shape index (κ2) is 9.06. The molecule has 0 spiro atoms. The molecule has 6 nitrogen and oxygen atoms in total. The molecule has 0 bridgehead atoms. The van der Waals surface area contributed by atoms with Gasteiger partial charge in [-0.05, 0) is 30.7 Å². The van der Waals surface area contributed by atoms with Crippen LogP contribution in [0.3, 0.4) is 0 Å². The lowest BCUT2D eigenvalue weighted by Crippen LogP contribution is -2.52. The van der Waals surface area contributed by atoms with Crippen LogP contribution in [0.25, 0.3) is 0 Å². The quantitative estimate of drug-likeness (QED) is 0.561. The smallest absolute Gasteiger partial charge is 0.191 e. The standard InChI is InChI=1S/C19H29BrN4O2/c1-21-18(22-14-19(25-2)8-11-26-12-9-19)23-16-7-10-24(13-16)17-5-3-15(20)4-6-17/h3-6,16H,7-14H2,1-2H3,(H2,21,22,23). The van der Waals surface area contributed by atoms with Gasteiger partial charge in [0, 0.05) is 76.0 Å². The molecule has 2 N–H and O–H groups in total. The van der Waals surface area contributed by atoms with Crippen LogP contribution < -0.4 is 15.5 Å². The zero-order valence-electron chi connectivity index (χ0n) is 15.6. The molecule has 2 heterocycles. The predicted octanol–water partition coefficient (Wildman–Crippen LogP) is 2.39. The Balaban J connectivity index is 1.50. The van der Waals surface area contributed by atoms with Crippen LogP contribution in [0.2, 0.25) is 0 Å². The molecule has 2 aliphatic rings. The first-order valence-electron chi connectivity index (χ1n) is 9.25. The summed E-state index contributed by atoms with van der Waals surface area (Å²) in [6.07, 6.45) is 2.92. The van der Waals surface area contributed by atoms with Crippen LogP contribution in [-0.2, 0) is 9.47 Å². The monoisotopic (exact) mass is 424 g/mol. The Morgan fingerprint density at radius 1 is 1.35 bits per heavy atom. The fourth-order valence-electron chi connectivity index (χ4n) is 3.59. The SMILES string of the molecule is CN=C(NCC1(OC)CCOCC1)NC1CCN(c2ccc(Br)cc2)C1. The number of anilines is 1. The van der Waals surface area contributed by atoms with E-state index in [9.17, 15) is 0 Å². The lowest BCUT2D eigenvalue weighted by molar-refractivity contribution is -0.0855. The van der Waals surface area contributed by atoms with Gasteiger partial charge in [-0.2, -0.15) is 0 Å². The summed E-state index contributed by atoms with van der Waals surface area (Å²) < 4.78 is 12.4. The molecule has 1 aromatic rings. The Morgan fingerprint density at radius 2 is 2.08 bits per heavy atom. The van der Waals surface area contributed by atoms with Crippen LogP contribution in [0.4, 0.5) is 5.69 Å². The van der Waals surface area contributed by atoms with Crippen molar-refractivity contribution >= 4 is 27.6 Å². The number of benzene rings is 1. The van der Waals surface area contributed by atoms with E-state index in [2.05, 4.69) is 60.7 Å². The molecule has 2 aliphatic heterocycles. The first-order valence-corrected chi connectivity index (χ1v) is 10.0. The van der Waals surface area contributed by atoms with E-state index < -0.39 is 0 Å². The summed E-state index contributed by atoms with van der Waals surface area (Å²) in [5.74, 6) is 0.843. The lowest BCUT2D eigenvalue weighted by atomic mass is 9.94. The van der Waals surface area contributed by atoms with Gasteiger partial charge >= 0.3 is 0 Å². The van der Waals surface area contributed by atoms with E-state index in [4.69, 9.17) is 9.47 Å². The van der Waals surface area contributed by atoms with Crippen molar-refractivity contribution in [2.24, 2.45) is 4.99 Å². The topological polar surface area (TPSA) is 58.1 Å². The minimum absolute atomic E-state index is 0.158. The van der Waals surface area contributed by atoms with Crippen molar-refractivity contribution in [1.82, 2.24) is 10.6 Å². The maximum absolute atomic E-state index is 5.79. The summed E-state index contributed by atoms with van der Waals surface area (Å²) in [5, 5.41) is 7.01. The number of rotatable bonds is 5. The Morgan fingerprint density at radius 3 is 2.73 bits per heavy atom. The largest absolute Gasteiger partial charge is 0.381 e. The Bertz CT molecular complexity index is 602. The molecule has 0 aromatic heterocycles. The highest BCUT2D eigenvalue weighted by atomic mass is 79.9. The molecular weight excluding hydrogens is 396 g/mol. The number of hydrogen-bond acceptors (Lipinski definition) is 4. The summed E-state index contributed by atoms with van der Waals surface area (Å²) in [6, 6.07) is 8.89. The predicted molar refractivity (Wildman–Crippen MR) is 109 cm³/mol. The maximum atomic E-state index is 5.79. The van der Waals surface area contributed by atoms with Crippen LogP contribution in [0.15, 0.2) is 33.7 Å². The first kappa shape index (κ1) is 19.5. The summed E-state index contributed by atoms with van der Waals surface area (Å²) in [6.45, 7) is 4.29. The second-order valence-corrected chi connectivity index (χ2v) is 7.89. The average molecular weight is 425 g/mol. The van der Waals surface area contributed by atoms with Gasteiger partial charge in [0.1, 0.15) is 0 Å². The van der Waals surface area contributed by atoms with Gasteiger partial charge in [0.05, 0.1) is 5.60 Å². The molecular formula is C19H29BrN4O2. The molecule has 1 aromatic carbocycles. The first-order chi connectivity index (χ1) is 12.6. The number of guanidine groups is 1. The summed E-state index contributed by atoms with van der Waals surface area (Å²) in [5.41, 5.74) is 1.11. The number of aliphatic imine (C=N–C) groups is 1. The van der Waals surface area contributed by atoms with Crippen LogP contribution in [0.1, 0.15) is 19.3 Å². The molecule has 2 fully saturated rings. The van der Waals surface area contributed by atoms with Gasteiger partial charge in [-0.25, -0.2) is 0 Å². The van der Waals surface area contributed by atoms with Gasteiger partial charge in [-0.15, -0.1) is 0 Å². The molecule has 0 amide bonds. The van der Waals surface area contributed by atoms with Crippen molar-refractivity contribution in [3.8, 4) is 0 Å². The number of methoxy groups -OCH3 is 1. The minimum atomic E-state index is -0.158. The average Bonchev–Trinajstić information content (AvgIpc) is 3.15. The highest BCUT2D eigenvalue weighted by Gasteiger charge is 2.33. The van der Waals surface area contributed by atoms with Gasteiger partial charge < -0.3 is 25.0 Å². The second-order valence-electron chi connectivity index (χ2n) is 6.98. The van der Waals surface area contributed by atoms with Gasteiger partial charge in [-0.1, -0.05) is 15.9 Å². The Labute approximate surface area is 164 Å². The highest BCUT2D eigenvalue weighted by molar-refractivity contribution is 9.10. The van der Waals surface area contributed by atoms with E-state index in [-0.39, 0.29) is 5.60 Å². The van der Waals surface area contributed by atoms with E-state index in [0.717, 1.165) is 62.5 Å². The molecule has 2 saturated heterocycles. The molecule has 0 aliphatic carbocycles. The van der Waals surface area contributed by atoms with Crippen molar-refractivity contribution in [1.29, 1.82) is 0 Å². The number of halogens is 1. The van der Waals surface area contributed by atoms with Gasteiger partial charge in [-0.3, -0.25) is 4.99 Å². The molecule has 7 heteroatoms. The molecule has 1 atom stereocenters. The molecule has 26 heavy (non-hydrogen) atoms. The molecule has 144 valence electrons. The number of nitrogens with one attached hydrogen (secondary N) is 2. The van der Waals surface area contributed by atoms with E-state index in [1.165, 1.54) is 5.69 Å². The van der Waals surface area contributed by atoms with Crippen LogP contribution in [-0.4, -0.2) is 64.6 Å². The summed E-state index contributed by atoms with van der Waals surface area (Å²) in [7, 11) is 3.61. The fraction of sp³-hybridized carbons (Fsp3) is 0.632. The van der Waals surface area contributed by atoms with E-state index in [1.807, 2.05) is 7.05 Å². The number of nitrogens with zero attached hydrogens (tertiary/aromatic N) is 2. The molecule has 0 radical (unpaired) electrons. The summed E-state index contributed by atoms with van der Waals surface area (Å²) in [4.78, 5) is 6.80. The van der Waals surface area contributed by atoms with Crippen LogP contribution >= 0.6 is 15.9 Å². The van der Waals surface area contributed by atoms with Crippen molar-refractivity contribution < 1.29 is 9.47 Å². The van der Waals surface area contributed by atoms with Crippen molar-refractivity contribution in [2.45, 2.75) is 30.9 Å². The van der Waals surface area contributed by atoms with Crippen LogP contribution in [0.5, 0.6) is 0 Å². The zero-order valence-corrected chi connectivity index (χ0v) is 17.2. The third-order valence-electron chi connectivity index (χ3n) is 5.36. The Hall–Kier alpha value is -1.31. The maximum Gasteiger partial charge on any atom is 0.191 e. The van der Waals surface area contributed by atoms with E-state index >= 15 is 0 Å². The molecule has 3 rings (SSSR count). The van der Waals surface area contributed by atoms with E-state index in [0.29, 0.717) is 6.04 Å². The van der Waals surface area contributed by atoms with Crippen molar-refractivity contribution in [3.05, 3.63) is 28.7 Å². The van der Waals surface area contributed by atoms with Gasteiger partial charge in [0.25, 0.3) is 0 Å². The number of ether oxygens (including phenoxy) is 2. The normalized spacial score (nSPS) is 23.1. The third-order valence-corrected chi connectivity index (χ3v) is 5.89. The highest BCUT2D eigenvalue weighted by Crippen LogP contribution is 2.24. The lowest BCUT2D eigenvalue weighted by Gasteiger charge is -2.36.